The molecule has 0 bridgehead atoms. The Balaban J connectivity index is 1.87. The van der Waals surface area contributed by atoms with Gasteiger partial charge in [-0.25, -0.2) is 0 Å². The lowest BCUT2D eigenvalue weighted by Crippen LogP contribution is -2.50. The first-order chi connectivity index (χ1) is 15.1. The molecular formula is C24H29ClN2O5. The molecule has 2 aliphatic heterocycles. The largest absolute Gasteiger partial charge is 0.503 e. The average Bonchev–Trinajstić information content (AvgIpc) is 2.74. The van der Waals surface area contributed by atoms with Crippen LogP contribution < -0.4 is 10.1 Å². The lowest BCUT2D eigenvalue weighted by Gasteiger charge is -2.44. The number of rotatable bonds is 3. The molecule has 32 heavy (non-hydrogen) atoms. The van der Waals surface area contributed by atoms with Gasteiger partial charge in [0.15, 0.2) is 17.3 Å². The summed E-state index contributed by atoms with van der Waals surface area (Å²) in [5.41, 5.74) is 2.39. The third-order valence-electron chi connectivity index (χ3n) is 6.47. The number of Topliss-reactive ketones (excluding diaryl/α,β-unsaturated/α-hetero) is 1. The summed E-state index contributed by atoms with van der Waals surface area (Å²) in [5.74, 6) is -1.36. The second kappa shape index (κ2) is 8.45. The van der Waals surface area contributed by atoms with Gasteiger partial charge < -0.3 is 24.8 Å². The topological polar surface area (TPSA) is 88.1 Å². The summed E-state index contributed by atoms with van der Waals surface area (Å²) in [6.07, 6.45) is 1.06. The van der Waals surface area contributed by atoms with Gasteiger partial charge in [0.05, 0.1) is 31.3 Å². The van der Waals surface area contributed by atoms with E-state index in [1.807, 2.05) is 0 Å². The maximum Gasteiger partial charge on any atom is 0.232 e. The summed E-state index contributed by atoms with van der Waals surface area (Å²) < 4.78 is 10.7. The number of aromatic hydroxyl groups is 1. The van der Waals surface area contributed by atoms with Crippen LogP contribution in [0.3, 0.4) is 0 Å². The number of halogens is 1. The molecule has 2 N–H and O–H groups in total. The molecule has 1 aromatic rings. The third-order valence-corrected chi connectivity index (χ3v) is 6.76. The number of morpholine rings is 1. The van der Waals surface area contributed by atoms with E-state index in [0.29, 0.717) is 56.0 Å². The van der Waals surface area contributed by atoms with Crippen LogP contribution in [0.5, 0.6) is 11.5 Å². The van der Waals surface area contributed by atoms with E-state index in [1.165, 1.54) is 7.11 Å². The molecule has 1 saturated heterocycles. The minimum Gasteiger partial charge on any atom is -0.503 e. The van der Waals surface area contributed by atoms with Crippen molar-refractivity contribution in [3.63, 3.8) is 0 Å². The molecule has 4 rings (SSSR count). The van der Waals surface area contributed by atoms with Crippen molar-refractivity contribution in [1.29, 1.82) is 0 Å². The maximum absolute atomic E-state index is 13.7. The van der Waals surface area contributed by atoms with Gasteiger partial charge in [-0.3, -0.25) is 9.59 Å². The van der Waals surface area contributed by atoms with Crippen LogP contribution in [0.2, 0.25) is 5.02 Å². The van der Waals surface area contributed by atoms with Crippen LogP contribution in [-0.2, 0) is 14.3 Å². The first kappa shape index (κ1) is 22.7. The number of ketones is 1. The quantitative estimate of drug-likeness (QED) is 0.719. The van der Waals surface area contributed by atoms with Crippen molar-refractivity contribution in [3.8, 4) is 11.5 Å². The predicted octanol–water partition coefficient (Wildman–Crippen LogP) is 3.37. The van der Waals surface area contributed by atoms with Crippen LogP contribution >= 0.6 is 11.6 Å². The SMILES string of the molecule is C=C1NC2=C(C(=O)CC(C)(C)C2)C(c2cc(Cl)c(O)c(OC)c2)C1C(=O)N1CCOCC1. The first-order valence-corrected chi connectivity index (χ1v) is 11.2. The molecule has 1 aliphatic carbocycles. The number of carbonyl (C=O) groups is 2. The summed E-state index contributed by atoms with van der Waals surface area (Å²) in [6.45, 7) is 10.2. The number of nitrogens with one attached hydrogen (secondary N) is 1. The lowest BCUT2D eigenvalue weighted by atomic mass is 9.66. The average molecular weight is 461 g/mol. The van der Waals surface area contributed by atoms with Crippen molar-refractivity contribution in [2.45, 2.75) is 32.6 Å². The normalized spacial score (nSPS) is 25.3. The summed E-state index contributed by atoms with van der Waals surface area (Å²) >= 11 is 6.31. The van der Waals surface area contributed by atoms with Crippen LogP contribution in [0, 0.1) is 11.3 Å². The number of methoxy groups -OCH3 is 1. The van der Waals surface area contributed by atoms with Crippen molar-refractivity contribution in [3.05, 3.63) is 46.3 Å². The Kier molecular flexibility index (Phi) is 5.98. The highest BCUT2D eigenvalue weighted by molar-refractivity contribution is 6.32. The lowest BCUT2D eigenvalue weighted by molar-refractivity contribution is -0.139. The Morgan fingerprint density at radius 2 is 2.00 bits per heavy atom. The van der Waals surface area contributed by atoms with Crippen molar-refractivity contribution < 1.29 is 24.2 Å². The van der Waals surface area contributed by atoms with E-state index in [9.17, 15) is 14.7 Å². The molecular weight excluding hydrogens is 432 g/mol. The summed E-state index contributed by atoms with van der Waals surface area (Å²) in [6, 6.07) is 3.27. The predicted molar refractivity (Wildman–Crippen MR) is 121 cm³/mol. The van der Waals surface area contributed by atoms with Gasteiger partial charge >= 0.3 is 0 Å². The molecule has 1 fully saturated rings. The number of nitrogens with zero attached hydrogens (tertiary/aromatic N) is 1. The second-order valence-electron chi connectivity index (χ2n) is 9.43. The number of hydrogen-bond donors (Lipinski definition) is 2. The Labute approximate surface area is 193 Å². The fraction of sp³-hybridized carbons (Fsp3) is 0.500. The molecule has 172 valence electrons. The Morgan fingerprint density at radius 1 is 1.31 bits per heavy atom. The smallest absolute Gasteiger partial charge is 0.232 e. The fourth-order valence-electron chi connectivity index (χ4n) is 5.01. The van der Waals surface area contributed by atoms with E-state index in [4.69, 9.17) is 21.1 Å². The number of allylic oxidation sites excluding steroid dienone is 2. The molecule has 0 aromatic heterocycles. The van der Waals surface area contributed by atoms with Gasteiger partial charge in [-0.1, -0.05) is 32.0 Å². The van der Waals surface area contributed by atoms with E-state index >= 15 is 0 Å². The highest BCUT2D eigenvalue weighted by Crippen LogP contribution is 2.50. The van der Waals surface area contributed by atoms with Crippen LogP contribution in [0.4, 0.5) is 0 Å². The Hall–Kier alpha value is -2.51. The van der Waals surface area contributed by atoms with E-state index in [2.05, 4.69) is 25.7 Å². The fourth-order valence-corrected chi connectivity index (χ4v) is 5.23. The van der Waals surface area contributed by atoms with Crippen LogP contribution in [0.25, 0.3) is 0 Å². The number of phenolic OH excluding ortho intramolecular Hbond substituents is 1. The number of amides is 1. The van der Waals surface area contributed by atoms with Gasteiger partial charge in [0.2, 0.25) is 5.91 Å². The number of carbonyl (C=O) groups excluding carboxylic acids is 2. The molecule has 2 heterocycles. The van der Waals surface area contributed by atoms with E-state index < -0.39 is 11.8 Å². The van der Waals surface area contributed by atoms with Gasteiger partial charge in [-0.2, -0.15) is 0 Å². The monoisotopic (exact) mass is 460 g/mol. The number of ether oxygens (including phenoxy) is 2. The van der Waals surface area contributed by atoms with Crippen molar-refractivity contribution in [2.24, 2.45) is 11.3 Å². The summed E-state index contributed by atoms with van der Waals surface area (Å²) in [4.78, 5) is 28.8. The van der Waals surface area contributed by atoms with Gasteiger partial charge in [0, 0.05) is 42.4 Å². The van der Waals surface area contributed by atoms with E-state index in [0.717, 1.165) is 5.70 Å². The standard InChI is InChI=1S/C24H29ClN2O5/c1-13-19(23(30)27-5-7-32-8-6-27)20(14-9-15(25)22(29)18(10-14)31-4)21-16(26-13)11-24(2,3)12-17(21)28/h9-10,19-20,26,29H,1,5-8,11-12H2,2-4H3. The van der Waals surface area contributed by atoms with Crippen LogP contribution in [-0.4, -0.2) is 55.1 Å². The maximum atomic E-state index is 13.7. The van der Waals surface area contributed by atoms with Gasteiger partial charge in [-0.05, 0) is 29.5 Å². The molecule has 2 atom stereocenters. The second-order valence-corrected chi connectivity index (χ2v) is 9.84. The van der Waals surface area contributed by atoms with Crippen LogP contribution in [0.15, 0.2) is 35.7 Å². The highest BCUT2D eigenvalue weighted by atomic mass is 35.5. The van der Waals surface area contributed by atoms with Gasteiger partial charge in [-0.15, -0.1) is 0 Å². The molecule has 0 saturated carbocycles. The zero-order chi connectivity index (χ0) is 23.2. The highest BCUT2D eigenvalue weighted by Gasteiger charge is 2.47. The first-order valence-electron chi connectivity index (χ1n) is 10.8. The molecule has 8 heteroatoms. The minimum absolute atomic E-state index is 0.00388. The molecule has 3 aliphatic rings. The number of benzene rings is 1. The molecule has 1 aromatic carbocycles. The van der Waals surface area contributed by atoms with Crippen molar-refractivity contribution in [1.82, 2.24) is 10.2 Å². The van der Waals surface area contributed by atoms with Crippen molar-refractivity contribution in [2.75, 3.05) is 33.4 Å². The zero-order valence-corrected chi connectivity index (χ0v) is 19.4. The van der Waals surface area contributed by atoms with E-state index in [-0.39, 0.29) is 33.6 Å². The summed E-state index contributed by atoms with van der Waals surface area (Å²) in [7, 11) is 1.44. The Bertz CT molecular complexity index is 1010. The molecule has 7 nitrogen and oxygen atoms in total. The van der Waals surface area contributed by atoms with Gasteiger partial charge in [0.25, 0.3) is 0 Å². The van der Waals surface area contributed by atoms with Crippen LogP contribution in [0.1, 0.15) is 38.2 Å². The van der Waals surface area contributed by atoms with Crippen molar-refractivity contribution >= 4 is 23.3 Å². The minimum atomic E-state index is -0.692. The van der Waals surface area contributed by atoms with E-state index in [1.54, 1.807) is 17.0 Å². The van der Waals surface area contributed by atoms with Gasteiger partial charge in [0.1, 0.15) is 0 Å². The number of phenols is 1. The Morgan fingerprint density at radius 3 is 2.66 bits per heavy atom. The zero-order valence-electron chi connectivity index (χ0n) is 18.7. The molecule has 1 amide bonds. The molecule has 2 unspecified atom stereocenters. The number of hydrogen-bond acceptors (Lipinski definition) is 6. The molecule has 0 spiro atoms. The summed E-state index contributed by atoms with van der Waals surface area (Å²) in [5, 5.41) is 13.7. The third kappa shape index (κ3) is 3.99. The molecule has 0 radical (unpaired) electrons.